The highest BCUT2D eigenvalue weighted by atomic mass is 16.7. The number of carbonyl (C=O) groups excluding carboxylic acids is 1. The Morgan fingerprint density at radius 1 is 1.14 bits per heavy atom. The Bertz CT molecular complexity index is 1020. The average Bonchev–Trinajstić information content (AvgIpc) is 3.43. The zero-order valence-corrected chi connectivity index (χ0v) is 15.7. The van der Waals surface area contributed by atoms with Gasteiger partial charge in [-0.1, -0.05) is 0 Å². The second kappa shape index (κ2) is 7.46. The molecule has 3 aromatic rings. The molecule has 0 saturated carbocycles. The molecule has 0 bridgehead atoms. The van der Waals surface area contributed by atoms with Crippen LogP contribution in [0, 0.1) is 0 Å². The maximum Gasteiger partial charge on any atom is 0.272 e. The van der Waals surface area contributed by atoms with Crippen molar-refractivity contribution in [3.63, 3.8) is 0 Å². The van der Waals surface area contributed by atoms with Gasteiger partial charge < -0.3 is 19.1 Å². The molecular weight excluding hydrogens is 372 g/mol. The highest BCUT2D eigenvalue weighted by Gasteiger charge is 2.27. The minimum Gasteiger partial charge on any atom is -0.488 e. The minimum absolute atomic E-state index is 0.0358. The normalized spacial score (nSPS) is 17.9. The molecular formula is C21H20N4O4. The fourth-order valence-electron chi connectivity index (χ4n) is 3.63. The molecule has 1 amide bonds. The van der Waals surface area contributed by atoms with Gasteiger partial charge in [0.2, 0.25) is 6.79 Å². The summed E-state index contributed by atoms with van der Waals surface area (Å²) in [5, 5.41) is 7.18. The van der Waals surface area contributed by atoms with Gasteiger partial charge >= 0.3 is 0 Å². The second-order valence-electron chi connectivity index (χ2n) is 7.05. The predicted molar refractivity (Wildman–Crippen MR) is 104 cm³/mol. The van der Waals surface area contributed by atoms with Crippen LogP contribution in [0.5, 0.6) is 17.2 Å². The van der Waals surface area contributed by atoms with E-state index in [-0.39, 0.29) is 18.8 Å². The van der Waals surface area contributed by atoms with E-state index in [2.05, 4.69) is 15.2 Å². The molecule has 1 atom stereocenters. The number of piperidine rings is 1. The highest BCUT2D eigenvalue weighted by Crippen LogP contribution is 2.35. The number of aromatic amines is 1. The zero-order valence-electron chi connectivity index (χ0n) is 15.7. The van der Waals surface area contributed by atoms with Crippen LogP contribution < -0.4 is 14.2 Å². The fraction of sp³-hybridized carbons (Fsp3) is 0.286. The number of likely N-dealkylation sites (tertiary alicyclic amines) is 1. The topological polar surface area (TPSA) is 89.6 Å². The van der Waals surface area contributed by atoms with E-state index in [4.69, 9.17) is 14.2 Å². The number of nitrogens with one attached hydrogen (secondary N) is 1. The number of rotatable bonds is 4. The van der Waals surface area contributed by atoms with Gasteiger partial charge in [0.15, 0.2) is 11.5 Å². The summed E-state index contributed by atoms with van der Waals surface area (Å²) in [6, 6.07) is 11.0. The van der Waals surface area contributed by atoms with Crippen molar-refractivity contribution in [2.45, 2.75) is 18.9 Å². The lowest BCUT2D eigenvalue weighted by Gasteiger charge is -2.32. The van der Waals surface area contributed by atoms with Crippen LogP contribution in [-0.2, 0) is 0 Å². The van der Waals surface area contributed by atoms with Crippen molar-refractivity contribution in [3.05, 3.63) is 54.5 Å². The molecule has 29 heavy (non-hydrogen) atoms. The fourth-order valence-corrected chi connectivity index (χ4v) is 3.63. The number of fused-ring (bicyclic) bond motifs is 1. The van der Waals surface area contributed by atoms with Crippen molar-refractivity contribution in [2.24, 2.45) is 0 Å². The summed E-state index contributed by atoms with van der Waals surface area (Å²) in [6.45, 7) is 1.47. The Balaban J connectivity index is 1.28. The Kier molecular flexibility index (Phi) is 4.51. The molecule has 2 aromatic heterocycles. The summed E-state index contributed by atoms with van der Waals surface area (Å²) >= 11 is 0. The van der Waals surface area contributed by atoms with Crippen LogP contribution in [0.4, 0.5) is 0 Å². The zero-order chi connectivity index (χ0) is 19.6. The van der Waals surface area contributed by atoms with E-state index in [0.29, 0.717) is 36.0 Å². The number of benzene rings is 1. The predicted octanol–water partition coefficient (Wildman–Crippen LogP) is 2.88. The van der Waals surface area contributed by atoms with Gasteiger partial charge in [0, 0.05) is 24.5 Å². The Labute approximate surface area is 167 Å². The molecule has 1 N–H and O–H groups in total. The summed E-state index contributed by atoms with van der Waals surface area (Å²) < 4.78 is 16.8. The van der Waals surface area contributed by atoms with Gasteiger partial charge in [0.05, 0.1) is 12.2 Å². The lowest BCUT2D eigenvalue weighted by molar-refractivity contribution is 0.0532. The minimum atomic E-state index is -0.0764. The van der Waals surface area contributed by atoms with E-state index in [1.54, 1.807) is 18.5 Å². The van der Waals surface area contributed by atoms with E-state index < -0.39 is 0 Å². The second-order valence-corrected chi connectivity index (χ2v) is 7.05. The van der Waals surface area contributed by atoms with Crippen LogP contribution in [0.1, 0.15) is 23.3 Å². The Hall–Kier alpha value is -3.55. The lowest BCUT2D eigenvalue weighted by Crippen LogP contribution is -2.44. The van der Waals surface area contributed by atoms with E-state index in [9.17, 15) is 4.79 Å². The van der Waals surface area contributed by atoms with E-state index in [0.717, 1.165) is 24.2 Å². The molecule has 1 fully saturated rings. The first-order chi connectivity index (χ1) is 14.3. The molecule has 0 spiro atoms. The standard InChI is InChI=1S/C21H20N4O4/c26-21(25-9-1-2-16(12-25)29-15-5-7-22-8-6-15)18-11-17(23-24-18)14-3-4-19-20(10-14)28-13-27-19/h3-8,10-11,16H,1-2,9,12-13H2,(H,23,24). The number of amides is 1. The number of pyridine rings is 1. The lowest BCUT2D eigenvalue weighted by atomic mass is 10.1. The third-order valence-corrected chi connectivity index (χ3v) is 5.09. The molecule has 8 nitrogen and oxygen atoms in total. The number of nitrogens with zero attached hydrogens (tertiary/aromatic N) is 3. The first-order valence-corrected chi connectivity index (χ1v) is 9.58. The largest absolute Gasteiger partial charge is 0.488 e. The van der Waals surface area contributed by atoms with E-state index in [1.165, 1.54) is 0 Å². The first kappa shape index (κ1) is 17.5. The van der Waals surface area contributed by atoms with Gasteiger partial charge in [-0.2, -0.15) is 5.10 Å². The smallest absolute Gasteiger partial charge is 0.272 e. The molecule has 1 saturated heterocycles. The maximum absolute atomic E-state index is 13.0. The van der Waals surface area contributed by atoms with Crippen LogP contribution in [-0.4, -0.2) is 52.0 Å². The van der Waals surface area contributed by atoms with Crippen LogP contribution in [0.15, 0.2) is 48.8 Å². The molecule has 0 radical (unpaired) electrons. The summed E-state index contributed by atoms with van der Waals surface area (Å²) in [7, 11) is 0. The van der Waals surface area contributed by atoms with Crippen molar-refractivity contribution in [3.8, 4) is 28.5 Å². The number of hydrogen-bond donors (Lipinski definition) is 1. The molecule has 1 unspecified atom stereocenters. The van der Waals surface area contributed by atoms with Crippen molar-refractivity contribution < 1.29 is 19.0 Å². The number of carbonyl (C=O) groups is 1. The van der Waals surface area contributed by atoms with Crippen LogP contribution in [0.2, 0.25) is 0 Å². The van der Waals surface area contributed by atoms with Crippen molar-refractivity contribution >= 4 is 5.91 Å². The van der Waals surface area contributed by atoms with E-state index in [1.807, 2.05) is 35.2 Å². The molecule has 1 aromatic carbocycles. The number of hydrogen-bond acceptors (Lipinski definition) is 6. The highest BCUT2D eigenvalue weighted by molar-refractivity contribution is 5.93. The van der Waals surface area contributed by atoms with Crippen molar-refractivity contribution in [1.82, 2.24) is 20.1 Å². The number of aromatic nitrogens is 3. The third-order valence-electron chi connectivity index (χ3n) is 5.09. The maximum atomic E-state index is 13.0. The summed E-state index contributed by atoms with van der Waals surface area (Å²) in [5.41, 5.74) is 2.01. The van der Waals surface area contributed by atoms with Crippen LogP contribution in [0.3, 0.4) is 0 Å². The SMILES string of the molecule is O=C(c1cc(-c2ccc3c(c2)OCO3)n[nH]1)N1CCCC(Oc2ccncc2)C1. The molecule has 8 heteroatoms. The number of H-pyrrole nitrogens is 1. The molecule has 2 aliphatic heterocycles. The van der Waals surface area contributed by atoms with Gasteiger partial charge in [0.1, 0.15) is 17.5 Å². The van der Waals surface area contributed by atoms with Gasteiger partial charge in [-0.15, -0.1) is 0 Å². The van der Waals surface area contributed by atoms with Gasteiger partial charge in [-0.3, -0.25) is 14.9 Å². The third kappa shape index (κ3) is 3.61. The first-order valence-electron chi connectivity index (χ1n) is 9.58. The van der Waals surface area contributed by atoms with Gasteiger partial charge in [0.25, 0.3) is 5.91 Å². The van der Waals surface area contributed by atoms with E-state index >= 15 is 0 Å². The molecule has 5 rings (SSSR count). The average molecular weight is 392 g/mol. The summed E-state index contributed by atoms with van der Waals surface area (Å²) in [5.74, 6) is 2.10. The van der Waals surface area contributed by atoms with Gasteiger partial charge in [-0.25, -0.2) is 0 Å². The monoisotopic (exact) mass is 392 g/mol. The molecule has 148 valence electrons. The van der Waals surface area contributed by atoms with Crippen molar-refractivity contribution in [2.75, 3.05) is 19.9 Å². The molecule has 4 heterocycles. The number of ether oxygens (including phenoxy) is 3. The Morgan fingerprint density at radius 2 is 2.00 bits per heavy atom. The summed E-state index contributed by atoms with van der Waals surface area (Å²) in [4.78, 5) is 18.8. The molecule has 0 aliphatic carbocycles. The van der Waals surface area contributed by atoms with Gasteiger partial charge in [-0.05, 0) is 49.2 Å². The van der Waals surface area contributed by atoms with Crippen molar-refractivity contribution in [1.29, 1.82) is 0 Å². The Morgan fingerprint density at radius 3 is 2.90 bits per heavy atom. The molecule has 2 aliphatic rings. The quantitative estimate of drug-likeness (QED) is 0.734. The van der Waals surface area contributed by atoms with Crippen LogP contribution in [0.25, 0.3) is 11.3 Å². The summed E-state index contributed by atoms with van der Waals surface area (Å²) in [6.07, 6.45) is 5.17. The van der Waals surface area contributed by atoms with Crippen LogP contribution >= 0.6 is 0 Å².